The smallest absolute Gasteiger partial charge is 0.323 e. The highest BCUT2D eigenvalue weighted by Gasteiger charge is 2.33. The number of carbonyl (C=O) groups excluding carboxylic acids is 1. The van der Waals surface area contributed by atoms with E-state index in [1.54, 1.807) is 0 Å². The lowest BCUT2D eigenvalue weighted by Crippen LogP contribution is -2.48. The monoisotopic (exact) mass is 295 g/mol. The van der Waals surface area contributed by atoms with Crippen molar-refractivity contribution in [3.63, 3.8) is 0 Å². The molecule has 1 aromatic heterocycles. The molecule has 2 atom stereocenters. The van der Waals surface area contributed by atoms with Gasteiger partial charge in [-0.15, -0.1) is 0 Å². The Bertz CT molecular complexity index is 487. The number of ether oxygens (including phenoxy) is 1. The summed E-state index contributed by atoms with van der Waals surface area (Å²) in [5.74, 6) is -0.271. The highest BCUT2D eigenvalue weighted by Crippen LogP contribution is 2.22. The molecule has 2 rings (SSSR count). The Morgan fingerprint density at radius 3 is 3.00 bits per heavy atom. The van der Waals surface area contributed by atoms with Crippen molar-refractivity contribution in [3.05, 3.63) is 17.5 Å². The van der Waals surface area contributed by atoms with Crippen LogP contribution in [0.5, 0.6) is 0 Å². The number of methoxy groups -OCH3 is 1. The van der Waals surface area contributed by atoms with Crippen molar-refractivity contribution in [2.75, 3.05) is 13.7 Å². The van der Waals surface area contributed by atoms with Crippen LogP contribution in [0, 0.1) is 6.92 Å². The Kier molecular flexibility index (Phi) is 5.36. The van der Waals surface area contributed by atoms with Crippen LogP contribution in [0.2, 0.25) is 0 Å². The number of piperidine rings is 1. The first-order chi connectivity index (χ1) is 10.1. The van der Waals surface area contributed by atoms with Crippen molar-refractivity contribution < 1.29 is 14.6 Å². The summed E-state index contributed by atoms with van der Waals surface area (Å²) < 4.78 is 6.87. The number of hydrogen-bond acceptors (Lipinski definition) is 5. The Morgan fingerprint density at radius 2 is 2.33 bits per heavy atom. The lowest BCUT2D eigenvalue weighted by molar-refractivity contribution is -0.150. The molecular weight excluding hydrogens is 270 g/mol. The second-order valence-electron chi connectivity index (χ2n) is 5.67. The summed E-state index contributed by atoms with van der Waals surface area (Å²) in [6, 6.07) is -0.368. The van der Waals surface area contributed by atoms with Crippen molar-refractivity contribution in [3.8, 4) is 0 Å². The molecule has 0 saturated carbocycles. The van der Waals surface area contributed by atoms with E-state index in [1.165, 1.54) is 7.11 Å². The van der Waals surface area contributed by atoms with Gasteiger partial charge in [-0.25, -0.2) is 0 Å². The van der Waals surface area contributed by atoms with Crippen LogP contribution < -0.4 is 0 Å². The van der Waals surface area contributed by atoms with Crippen molar-refractivity contribution in [1.82, 2.24) is 14.7 Å². The van der Waals surface area contributed by atoms with Gasteiger partial charge in [-0.1, -0.05) is 6.92 Å². The van der Waals surface area contributed by atoms with E-state index < -0.39 is 6.10 Å². The zero-order chi connectivity index (χ0) is 15.4. The number of aliphatic hydroxyl groups is 1. The number of hydrogen-bond donors (Lipinski definition) is 1. The molecule has 118 valence electrons. The maximum Gasteiger partial charge on any atom is 0.323 e. The Balaban J connectivity index is 2.11. The maximum atomic E-state index is 11.9. The topological polar surface area (TPSA) is 67.6 Å². The number of aryl methyl sites for hydroxylation is 1. The largest absolute Gasteiger partial charge is 0.468 e. The molecule has 0 aromatic carbocycles. The van der Waals surface area contributed by atoms with E-state index in [0.29, 0.717) is 25.9 Å². The number of aromatic nitrogens is 2. The Hall–Kier alpha value is -1.40. The van der Waals surface area contributed by atoms with E-state index in [0.717, 1.165) is 24.2 Å². The molecule has 0 spiro atoms. The van der Waals surface area contributed by atoms with Gasteiger partial charge in [0.25, 0.3) is 0 Å². The number of likely N-dealkylation sites (tertiary alicyclic amines) is 1. The fourth-order valence-corrected chi connectivity index (χ4v) is 2.86. The summed E-state index contributed by atoms with van der Waals surface area (Å²) in [6.45, 7) is 6.45. The van der Waals surface area contributed by atoms with Crippen molar-refractivity contribution in [2.24, 2.45) is 0 Å². The molecule has 0 radical (unpaired) electrons. The predicted octanol–water partition coefficient (Wildman–Crippen LogP) is 1.10. The summed E-state index contributed by atoms with van der Waals surface area (Å²) >= 11 is 0. The minimum absolute atomic E-state index is 0.271. The van der Waals surface area contributed by atoms with Gasteiger partial charge in [-0.05, 0) is 26.2 Å². The summed E-state index contributed by atoms with van der Waals surface area (Å²) in [5.41, 5.74) is 2.28. The SMILES string of the molecule is CCCn1ncc(CN2CC[C@H](O)C[C@@H]2C(=O)OC)c1C. The number of carbonyl (C=O) groups is 1. The van der Waals surface area contributed by atoms with Gasteiger partial charge in [0.2, 0.25) is 0 Å². The molecule has 6 nitrogen and oxygen atoms in total. The van der Waals surface area contributed by atoms with E-state index in [4.69, 9.17) is 4.74 Å². The number of esters is 1. The van der Waals surface area contributed by atoms with Crippen LogP contribution >= 0.6 is 0 Å². The molecule has 1 N–H and O–H groups in total. The third-order valence-electron chi connectivity index (χ3n) is 4.17. The van der Waals surface area contributed by atoms with Crippen LogP contribution in [0.15, 0.2) is 6.20 Å². The number of nitrogens with zero attached hydrogens (tertiary/aromatic N) is 3. The second-order valence-corrected chi connectivity index (χ2v) is 5.67. The normalized spacial score (nSPS) is 23.2. The van der Waals surface area contributed by atoms with E-state index in [-0.39, 0.29) is 12.0 Å². The van der Waals surface area contributed by atoms with Gasteiger partial charge in [-0.3, -0.25) is 14.4 Å². The number of rotatable bonds is 5. The lowest BCUT2D eigenvalue weighted by atomic mass is 9.99. The lowest BCUT2D eigenvalue weighted by Gasteiger charge is -2.35. The van der Waals surface area contributed by atoms with Crippen molar-refractivity contribution in [1.29, 1.82) is 0 Å². The van der Waals surface area contributed by atoms with E-state index >= 15 is 0 Å². The quantitative estimate of drug-likeness (QED) is 0.824. The van der Waals surface area contributed by atoms with Crippen LogP contribution in [-0.2, 0) is 22.6 Å². The average Bonchev–Trinajstić information content (AvgIpc) is 2.82. The third kappa shape index (κ3) is 3.63. The van der Waals surface area contributed by atoms with E-state index in [2.05, 4.69) is 23.8 Å². The molecular formula is C15H25N3O3. The Morgan fingerprint density at radius 1 is 1.57 bits per heavy atom. The highest BCUT2D eigenvalue weighted by molar-refractivity contribution is 5.75. The van der Waals surface area contributed by atoms with Crippen LogP contribution in [0.3, 0.4) is 0 Å². The molecule has 6 heteroatoms. The van der Waals surface area contributed by atoms with E-state index in [9.17, 15) is 9.90 Å². The van der Waals surface area contributed by atoms with Gasteiger partial charge in [-0.2, -0.15) is 5.10 Å². The van der Waals surface area contributed by atoms with Crippen LogP contribution in [0.4, 0.5) is 0 Å². The van der Waals surface area contributed by atoms with Crippen LogP contribution in [-0.4, -0.2) is 51.6 Å². The maximum absolute atomic E-state index is 11.9. The van der Waals surface area contributed by atoms with E-state index in [1.807, 2.05) is 10.9 Å². The molecule has 2 heterocycles. The molecule has 0 unspecified atom stereocenters. The highest BCUT2D eigenvalue weighted by atomic mass is 16.5. The van der Waals surface area contributed by atoms with Crippen LogP contribution in [0.25, 0.3) is 0 Å². The first kappa shape index (κ1) is 16.0. The predicted molar refractivity (Wildman–Crippen MR) is 78.7 cm³/mol. The third-order valence-corrected chi connectivity index (χ3v) is 4.17. The molecule has 1 aromatic rings. The molecule has 1 aliphatic rings. The molecule has 1 aliphatic heterocycles. The first-order valence-electron chi connectivity index (χ1n) is 7.58. The minimum Gasteiger partial charge on any atom is -0.468 e. The standard InChI is InChI=1S/C15H25N3O3/c1-4-6-18-11(2)12(9-16-18)10-17-7-5-13(19)8-14(17)15(20)21-3/h9,13-14,19H,4-8,10H2,1-3H3/t13-,14+/m0/s1. The zero-order valence-corrected chi connectivity index (χ0v) is 13.1. The zero-order valence-electron chi connectivity index (χ0n) is 13.1. The van der Waals surface area contributed by atoms with Gasteiger partial charge < -0.3 is 9.84 Å². The van der Waals surface area contributed by atoms with Gasteiger partial charge in [0.15, 0.2) is 0 Å². The molecule has 21 heavy (non-hydrogen) atoms. The molecule has 1 fully saturated rings. The summed E-state index contributed by atoms with van der Waals surface area (Å²) in [5, 5.41) is 14.2. The van der Waals surface area contributed by atoms with Gasteiger partial charge >= 0.3 is 5.97 Å². The van der Waals surface area contributed by atoms with Gasteiger partial charge in [0.1, 0.15) is 6.04 Å². The number of aliphatic hydroxyl groups excluding tert-OH is 1. The van der Waals surface area contributed by atoms with Crippen molar-refractivity contribution in [2.45, 2.75) is 58.3 Å². The summed E-state index contributed by atoms with van der Waals surface area (Å²) in [4.78, 5) is 14.0. The fourth-order valence-electron chi connectivity index (χ4n) is 2.86. The van der Waals surface area contributed by atoms with Gasteiger partial charge in [0, 0.05) is 30.9 Å². The molecule has 1 saturated heterocycles. The van der Waals surface area contributed by atoms with Gasteiger partial charge in [0.05, 0.1) is 19.4 Å². The molecule has 0 aliphatic carbocycles. The minimum atomic E-state index is -0.422. The summed E-state index contributed by atoms with van der Waals surface area (Å²) in [7, 11) is 1.39. The second kappa shape index (κ2) is 7.04. The Labute approximate surface area is 125 Å². The van der Waals surface area contributed by atoms with Crippen LogP contribution in [0.1, 0.15) is 37.4 Å². The fraction of sp³-hybridized carbons (Fsp3) is 0.733. The first-order valence-corrected chi connectivity index (χ1v) is 7.58. The summed E-state index contributed by atoms with van der Waals surface area (Å²) in [6.07, 6.45) is 3.63. The van der Waals surface area contributed by atoms with Crippen molar-refractivity contribution >= 4 is 5.97 Å². The molecule has 0 bridgehead atoms. The average molecular weight is 295 g/mol. The molecule has 0 amide bonds.